The number of nitrogens with one attached hydrogen (secondary N) is 1. The average molecular weight is 263 g/mol. The van der Waals surface area contributed by atoms with Crippen molar-refractivity contribution in [2.75, 3.05) is 6.61 Å². The summed E-state index contributed by atoms with van der Waals surface area (Å²) in [5.74, 6) is 0. The number of halogens is 3. The molecule has 0 bridgehead atoms. The van der Waals surface area contributed by atoms with E-state index in [1.807, 2.05) is 0 Å². The number of aliphatic hydroxyl groups excluding tert-OH is 1. The lowest BCUT2D eigenvalue weighted by Crippen LogP contribution is -2.50. The smallest absolute Gasteiger partial charge is 0.394 e. The minimum Gasteiger partial charge on any atom is -0.394 e. The molecule has 0 radical (unpaired) electrons. The number of rotatable bonds is 5. The second-order valence-corrected chi connectivity index (χ2v) is 5.03. The number of hydrogen-bond donors (Lipinski definition) is 2. The first-order valence-corrected chi connectivity index (χ1v) is 5.82. The van der Waals surface area contributed by atoms with Gasteiger partial charge in [0.15, 0.2) is 5.69 Å². The first-order chi connectivity index (χ1) is 8.32. The Morgan fingerprint density at radius 2 is 2.17 bits per heavy atom. The van der Waals surface area contributed by atoms with Gasteiger partial charge in [-0.1, -0.05) is 0 Å². The fourth-order valence-corrected chi connectivity index (χ4v) is 1.82. The first-order valence-electron chi connectivity index (χ1n) is 5.82. The first kappa shape index (κ1) is 13.4. The second-order valence-electron chi connectivity index (χ2n) is 5.03. The Bertz CT molecular complexity index is 414. The van der Waals surface area contributed by atoms with Crippen LogP contribution in [0.4, 0.5) is 13.2 Å². The highest BCUT2D eigenvalue weighted by atomic mass is 19.4. The molecular formula is C11H16F3N3O. The Morgan fingerprint density at radius 3 is 2.61 bits per heavy atom. The molecule has 0 saturated heterocycles. The summed E-state index contributed by atoms with van der Waals surface area (Å²) in [7, 11) is 0. The van der Waals surface area contributed by atoms with Gasteiger partial charge in [0.25, 0.3) is 0 Å². The number of hydrogen-bond acceptors (Lipinski definition) is 3. The third-order valence-electron chi connectivity index (χ3n) is 2.92. The van der Waals surface area contributed by atoms with E-state index in [1.54, 1.807) is 6.92 Å². The zero-order valence-electron chi connectivity index (χ0n) is 10.0. The normalized spacial score (nSPS) is 19.8. The van der Waals surface area contributed by atoms with Gasteiger partial charge >= 0.3 is 6.18 Å². The number of aliphatic hydroxyl groups is 1. The average Bonchev–Trinajstić information content (AvgIpc) is 2.92. The molecule has 0 spiro atoms. The van der Waals surface area contributed by atoms with Crippen LogP contribution in [0, 0.1) is 0 Å². The molecule has 1 fully saturated rings. The summed E-state index contributed by atoms with van der Waals surface area (Å²) in [6, 6.07) is 1.30. The Morgan fingerprint density at radius 1 is 1.50 bits per heavy atom. The van der Waals surface area contributed by atoms with Crippen LogP contribution in [0.3, 0.4) is 0 Å². The van der Waals surface area contributed by atoms with Crippen molar-refractivity contribution in [3.63, 3.8) is 0 Å². The molecule has 0 aromatic carbocycles. The largest absolute Gasteiger partial charge is 0.435 e. The molecule has 1 aliphatic carbocycles. The topological polar surface area (TPSA) is 50.1 Å². The van der Waals surface area contributed by atoms with E-state index in [0.717, 1.165) is 18.9 Å². The molecule has 102 valence electrons. The molecule has 7 heteroatoms. The van der Waals surface area contributed by atoms with Gasteiger partial charge < -0.3 is 10.4 Å². The standard InChI is InChI=1S/C11H16F3N3O/c1-10(7-18,15-8-2-3-8)6-17-5-4-9(16-17)11(12,13)14/h4-5,8,15,18H,2-3,6-7H2,1H3. The zero-order valence-corrected chi connectivity index (χ0v) is 10.0. The van der Waals surface area contributed by atoms with Crippen LogP contribution < -0.4 is 5.32 Å². The fourth-order valence-electron chi connectivity index (χ4n) is 1.82. The summed E-state index contributed by atoms with van der Waals surface area (Å²) in [5, 5.41) is 16.1. The van der Waals surface area contributed by atoms with Gasteiger partial charge in [-0.2, -0.15) is 18.3 Å². The summed E-state index contributed by atoms with van der Waals surface area (Å²) in [4.78, 5) is 0. The summed E-state index contributed by atoms with van der Waals surface area (Å²) in [6.45, 7) is 1.83. The van der Waals surface area contributed by atoms with Crippen LogP contribution in [0.2, 0.25) is 0 Å². The number of alkyl halides is 3. The van der Waals surface area contributed by atoms with E-state index < -0.39 is 17.4 Å². The lowest BCUT2D eigenvalue weighted by atomic mass is 10.0. The summed E-state index contributed by atoms with van der Waals surface area (Å²) >= 11 is 0. The van der Waals surface area contributed by atoms with Crippen molar-refractivity contribution in [1.82, 2.24) is 15.1 Å². The highest BCUT2D eigenvalue weighted by molar-refractivity contribution is 5.04. The maximum Gasteiger partial charge on any atom is 0.435 e. The molecule has 4 nitrogen and oxygen atoms in total. The molecule has 1 aromatic rings. The SMILES string of the molecule is CC(CO)(Cn1ccc(C(F)(F)F)n1)NC1CC1. The van der Waals surface area contributed by atoms with E-state index in [1.165, 1.54) is 10.9 Å². The van der Waals surface area contributed by atoms with Gasteiger partial charge in [0.05, 0.1) is 18.7 Å². The molecule has 1 aromatic heterocycles. The quantitative estimate of drug-likeness (QED) is 0.844. The van der Waals surface area contributed by atoms with E-state index in [4.69, 9.17) is 0 Å². The lowest BCUT2D eigenvalue weighted by molar-refractivity contribution is -0.141. The van der Waals surface area contributed by atoms with Crippen molar-refractivity contribution in [2.24, 2.45) is 0 Å². The summed E-state index contributed by atoms with van der Waals surface area (Å²) in [5.41, 5.74) is -1.55. The Hall–Kier alpha value is -1.08. The van der Waals surface area contributed by atoms with Crippen LogP contribution >= 0.6 is 0 Å². The van der Waals surface area contributed by atoms with Gasteiger partial charge in [-0.05, 0) is 25.8 Å². The minimum absolute atomic E-state index is 0.148. The molecule has 1 heterocycles. The van der Waals surface area contributed by atoms with E-state index in [9.17, 15) is 18.3 Å². The van der Waals surface area contributed by atoms with Crippen LogP contribution in [0.15, 0.2) is 12.3 Å². The molecule has 0 aliphatic heterocycles. The van der Waals surface area contributed by atoms with Gasteiger partial charge in [-0.15, -0.1) is 0 Å². The predicted octanol–water partition coefficient (Wildman–Crippen LogP) is 1.40. The molecule has 1 aliphatic rings. The van der Waals surface area contributed by atoms with Crippen molar-refractivity contribution < 1.29 is 18.3 Å². The van der Waals surface area contributed by atoms with E-state index in [0.29, 0.717) is 6.04 Å². The van der Waals surface area contributed by atoms with Gasteiger partial charge in [0.2, 0.25) is 0 Å². The second kappa shape index (κ2) is 4.55. The van der Waals surface area contributed by atoms with Crippen LogP contribution in [-0.2, 0) is 12.7 Å². The van der Waals surface area contributed by atoms with Gasteiger partial charge in [-0.25, -0.2) is 0 Å². The van der Waals surface area contributed by atoms with Gasteiger partial charge in [0, 0.05) is 12.2 Å². The molecule has 2 N–H and O–H groups in total. The van der Waals surface area contributed by atoms with Crippen LogP contribution in [-0.4, -0.2) is 33.1 Å². The molecule has 2 rings (SSSR count). The van der Waals surface area contributed by atoms with E-state index in [-0.39, 0.29) is 13.2 Å². The van der Waals surface area contributed by atoms with Crippen molar-refractivity contribution in [3.8, 4) is 0 Å². The van der Waals surface area contributed by atoms with Crippen molar-refractivity contribution in [2.45, 2.75) is 44.1 Å². The number of aromatic nitrogens is 2. The third-order valence-corrected chi connectivity index (χ3v) is 2.92. The van der Waals surface area contributed by atoms with E-state index >= 15 is 0 Å². The predicted molar refractivity (Wildman–Crippen MR) is 58.9 cm³/mol. The summed E-state index contributed by atoms with van der Waals surface area (Å²) < 4.78 is 38.4. The monoisotopic (exact) mass is 263 g/mol. The Labute approximate surface area is 103 Å². The molecule has 0 amide bonds. The molecular weight excluding hydrogens is 247 g/mol. The zero-order chi connectivity index (χ0) is 13.4. The van der Waals surface area contributed by atoms with Crippen molar-refractivity contribution >= 4 is 0 Å². The number of nitrogens with zero attached hydrogens (tertiary/aromatic N) is 2. The summed E-state index contributed by atoms with van der Waals surface area (Å²) in [6.07, 6.45) is -1.05. The highest BCUT2D eigenvalue weighted by Crippen LogP contribution is 2.28. The molecule has 1 saturated carbocycles. The third kappa shape index (κ3) is 3.23. The van der Waals surface area contributed by atoms with Crippen molar-refractivity contribution in [1.29, 1.82) is 0 Å². The van der Waals surface area contributed by atoms with Gasteiger partial charge in [0.1, 0.15) is 0 Å². The lowest BCUT2D eigenvalue weighted by Gasteiger charge is -2.28. The Balaban J connectivity index is 2.04. The molecule has 1 unspecified atom stereocenters. The van der Waals surface area contributed by atoms with Crippen LogP contribution in [0.5, 0.6) is 0 Å². The van der Waals surface area contributed by atoms with E-state index in [2.05, 4.69) is 10.4 Å². The van der Waals surface area contributed by atoms with Gasteiger partial charge in [-0.3, -0.25) is 4.68 Å². The fraction of sp³-hybridized carbons (Fsp3) is 0.727. The molecule has 1 atom stereocenters. The van der Waals surface area contributed by atoms with Crippen LogP contribution in [0.1, 0.15) is 25.5 Å². The highest BCUT2D eigenvalue weighted by Gasteiger charge is 2.35. The Kier molecular flexibility index (Phi) is 3.37. The van der Waals surface area contributed by atoms with Crippen LogP contribution in [0.25, 0.3) is 0 Å². The minimum atomic E-state index is -4.43. The molecule has 18 heavy (non-hydrogen) atoms. The van der Waals surface area contributed by atoms with Crippen molar-refractivity contribution in [3.05, 3.63) is 18.0 Å². The maximum absolute atomic E-state index is 12.4. The maximum atomic E-state index is 12.4.